The maximum Gasteiger partial charge on any atom is 0.222 e. The van der Waals surface area contributed by atoms with Gasteiger partial charge in [-0.1, -0.05) is 27.2 Å². The summed E-state index contributed by atoms with van der Waals surface area (Å²) in [5.74, 6) is 0.336. The van der Waals surface area contributed by atoms with Gasteiger partial charge < -0.3 is 10.2 Å². The van der Waals surface area contributed by atoms with Gasteiger partial charge in [-0.3, -0.25) is 9.89 Å². The second-order valence-corrected chi connectivity index (χ2v) is 7.24. The number of H-pyrrole nitrogens is 1. The van der Waals surface area contributed by atoms with Crippen LogP contribution in [0.4, 0.5) is 0 Å². The van der Waals surface area contributed by atoms with Crippen LogP contribution in [0.5, 0.6) is 0 Å². The fraction of sp³-hybridized carbons (Fsp3) is 0.765. The highest BCUT2D eigenvalue weighted by Gasteiger charge is 2.19. The van der Waals surface area contributed by atoms with Gasteiger partial charge in [0.15, 0.2) is 0 Å². The predicted molar refractivity (Wildman–Crippen MR) is 88.7 cm³/mol. The quantitative estimate of drug-likeness (QED) is 0.794. The van der Waals surface area contributed by atoms with Crippen molar-refractivity contribution in [2.45, 2.75) is 64.8 Å². The number of hydrogen-bond acceptors (Lipinski definition) is 3. The largest absolute Gasteiger partial charge is 0.343 e. The molecule has 0 aliphatic carbocycles. The predicted octanol–water partition coefficient (Wildman–Crippen LogP) is 2.59. The van der Waals surface area contributed by atoms with E-state index in [1.54, 1.807) is 0 Å². The van der Waals surface area contributed by atoms with E-state index in [2.05, 4.69) is 36.3 Å². The number of amides is 1. The summed E-state index contributed by atoms with van der Waals surface area (Å²) in [6.45, 7) is 10.1. The molecule has 2 heterocycles. The van der Waals surface area contributed by atoms with Gasteiger partial charge in [0.05, 0.1) is 6.20 Å². The van der Waals surface area contributed by atoms with Gasteiger partial charge in [0.1, 0.15) is 0 Å². The van der Waals surface area contributed by atoms with Crippen LogP contribution in [0.2, 0.25) is 0 Å². The fourth-order valence-corrected chi connectivity index (χ4v) is 2.99. The first-order chi connectivity index (χ1) is 10.5. The van der Waals surface area contributed by atoms with Crippen LogP contribution in [0.1, 0.15) is 64.1 Å². The normalized spacial score (nSPS) is 16.9. The summed E-state index contributed by atoms with van der Waals surface area (Å²) in [7, 11) is 0. The smallest absolute Gasteiger partial charge is 0.222 e. The van der Waals surface area contributed by atoms with Crippen molar-refractivity contribution in [3.05, 3.63) is 17.5 Å². The molecule has 5 heteroatoms. The van der Waals surface area contributed by atoms with Crippen molar-refractivity contribution >= 4 is 5.91 Å². The Bertz CT molecular complexity index is 475. The lowest BCUT2D eigenvalue weighted by atomic mass is 9.89. The van der Waals surface area contributed by atoms with Crippen LogP contribution in [-0.4, -0.2) is 40.6 Å². The Morgan fingerprint density at radius 3 is 2.91 bits per heavy atom. The van der Waals surface area contributed by atoms with E-state index in [4.69, 9.17) is 0 Å². The van der Waals surface area contributed by atoms with Crippen molar-refractivity contribution in [3.8, 4) is 0 Å². The molecule has 0 bridgehead atoms. The van der Waals surface area contributed by atoms with E-state index in [1.807, 2.05) is 11.1 Å². The maximum absolute atomic E-state index is 11.9. The number of aromatic amines is 1. The van der Waals surface area contributed by atoms with Crippen molar-refractivity contribution in [2.24, 2.45) is 0 Å². The molecule has 0 unspecified atom stereocenters. The summed E-state index contributed by atoms with van der Waals surface area (Å²) in [5.41, 5.74) is 2.52. The molecule has 1 saturated heterocycles. The minimum Gasteiger partial charge on any atom is -0.343 e. The second-order valence-electron chi connectivity index (χ2n) is 7.24. The summed E-state index contributed by atoms with van der Waals surface area (Å²) in [6.07, 6.45) is 7.06. The van der Waals surface area contributed by atoms with E-state index in [1.165, 1.54) is 17.7 Å². The van der Waals surface area contributed by atoms with E-state index in [9.17, 15) is 4.79 Å². The molecule has 2 rings (SSSR count). The van der Waals surface area contributed by atoms with E-state index >= 15 is 0 Å². The molecule has 1 aromatic heterocycles. The van der Waals surface area contributed by atoms with Crippen molar-refractivity contribution < 1.29 is 4.79 Å². The molecule has 0 spiro atoms. The number of nitrogens with zero attached hydrogens (tertiary/aromatic N) is 2. The highest BCUT2D eigenvalue weighted by molar-refractivity contribution is 5.76. The zero-order valence-corrected chi connectivity index (χ0v) is 14.2. The number of carbonyl (C=O) groups is 1. The zero-order valence-electron chi connectivity index (χ0n) is 14.2. The summed E-state index contributed by atoms with van der Waals surface area (Å²) < 4.78 is 0. The van der Waals surface area contributed by atoms with Crippen LogP contribution >= 0.6 is 0 Å². The molecule has 2 N–H and O–H groups in total. The Morgan fingerprint density at radius 1 is 1.32 bits per heavy atom. The van der Waals surface area contributed by atoms with Crippen molar-refractivity contribution in [1.29, 1.82) is 0 Å². The van der Waals surface area contributed by atoms with E-state index in [0.717, 1.165) is 51.9 Å². The molecule has 0 saturated carbocycles. The molecule has 1 amide bonds. The van der Waals surface area contributed by atoms with Gasteiger partial charge in [-0.05, 0) is 25.8 Å². The van der Waals surface area contributed by atoms with Gasteiger partial charge in [0, 0.05) is 42.7 Å². The van der Waals surface area contributed by atoms with Gasteiger partial charge in [0.25, 0.3) is 0 Å². The fourth-order valence-electron chi connectivity index (χ4n) is 2.99. The molecule has 124 valence electrons. The summed E-state index contributed by atoms with van der Waals surface area (Å²) in [4.78, 5) is 13.9. The van der Waals surface area contributed by atoms with Crippen molar-refractivity contribution in [2.75, 3.05) is 19.6 Å². The molecular weight excluding hydrogens is 276 g/mol. The van der Waals surface area contributed by atoms with Crippen LogP contribution in [0.15, 0.2) is 6.20 Å². The van der Waals surface area contributed by atoms with Crippen molar-refractivity contribution in [3.63, 3.8) is 0 Å². The van der Waals surface area contributed by atoms with Gasteiger partial charge >= 0.3 is 0 Å². The number of nitrogens with one attached hydrogen (secondary N) is 2. The molecule has 5 nitrogen and oxygen atoms in total. The van der Waals surface area contributed by atoms with Crippen LogP contribution in [0, 0.1) is 0 Å². The second kappa shape index (κ2) is 7.77. The summed E-state index contributed by atoms with van der Waals surface area (Å²) in [5, 5.41) is 10.7. The van der Waals surface area contributed by atoms with Crippen LogP contribution in [-0.2, 0) is 16.8 Å². The lowest BCUT2D eigenvalue weighted by molar-refractivity contribution is -0.130. The van der Waals surface area contributed by atoms with Crippen LogP contribution < -0.4 is 5.32 Å². The number of aromatic nitrogens is 2. The zero-order chi connectivity index (χ0) is 16.0. The number of rotatable bonds is 6. The van der Waals surface area contributed by atoms with Gasteiger partial charge in [0.2, 0.25) is 5.91 Å². The minimum atomic E-state index is 0.0893. The Kier molecular flexibility index (Phi) is 6.00. The highest BCUT2D eigenvalue weighted by atomic mass is 16.2. The lowest BCUT2D eigenvalue weighted by Crippen LogP contribution is -2.32. The Hall–Kier alpha value is -1.36. The van der Waals surface area contributed by atoms with E-state index < -0.39 is 0 Å². The van der Waals surface area contributed by atoms with Crippen LogP contribution in [0.25, 0.3) is 0 Å². The third-order valence-electron chi connectivity index (χ3n) is 4.24. The first kappa shape index (κ1) is 17.0. The molecular formula is C17H30N4O. The Balaban J connectivity index is 1.69. The average Bonchev–Trinajstić information content (AvgIpc) is 2.83. The van der Waals surface area contributed by atoms with E-state index in [-0.39, 0.29) is 5.41 Å². The monoisotopic (exact) mass is 306 g/mol. The molecule has 1 aromatic rings. The summed E-state index contributed by atoms with van der Waals surface area (Å²) >= 11 is 0. The number of hydrogen-bond donors (Lipinski definition) is 2. The molecule has 0 radical (unpaired) electrons. The Labute approximate surface area is 133 Å². The molecule has 0 atom stereocenters. The molecule has 0 aromatic carbocycles. The standard InChI is InChI=1S/C17H30N4O/c1-17(2,3)16-14(13-19-20-16)12-18-9-7-11-21-10-6-4-5-8-15(21)22/h13,18H,4-12H2,1-3H3,(H,19,20). The topological polar surface area (TPSA) is 61.0 Å². The first-order valence-electron chi connectivity index (χ1n) is 8.49. The average molecular weight is 306 g/mol. The van der Waals surface area contributed by atoms with Crippen molar-refractivity contribution in [1.82, 2.24) is 20.4 Å². The van der Waals surface area contributed by atoms with Gasteiger partial charge in [-0.25, -0.2) is 0 Å². The number of carbonyl (C=O) groups excluding carboxylic acids is 1. The lowest BCUT2D eigenvalue weighted by Gasteiger charge is -2.21. The van der Waals surface area contributed by atoms with Crippen LogP contribution in [0.3, 0.4) is 0 Å². The molecule has 1 aliphatic rings. The van der Waals surface area contributed by atoms with E-state index in [0.29, 0.717) is 5.91 Å². The third kappa shape index (κ3) is 4.83. The minimum absolute atomic E-state index is 0.0893. The molecule has 1 fully saturated rings. The SMILES string of the molecule is CC(C)(C)c1[nH]ncc1CNCCCN1CCCCCC1=O. The third-order valence-corrected chi connectivity index (χ3v) is 4.24. The molecule has 22 heavy (non-hydrogen) atoms. The number of likely N-dealkylation sites (tertiary alicyclic amines) is 1. The maximum atomic E-state index is 11.9. The van der Waals surface area contributed by atoms with Gasteiger partial charge in [-0.2, -0.15) is 5.10 Å². The Morgan fingerprint density at radius 2 is 2.14 bits per heavy atom. The first-order valence-corrected chi connectivity index (χ1v) is 8.49. The van der Waals surface area contributed by atoms with Gasteiger partial charge in [-0.15, -0.1) is 0 Å². The summed E-state index contributed by atoms with van der Waals surface area (Å²) in [6, 6.07) is 0. The molecule has 1 aliphatic heterocycles. The highest BCUT2D eigenvalue weighted by Crippen LogP contribution is 2.23.